The minimum Gasteiger partial charge on any atom is -0.311 e. The van der Waals surface area contributed by atoms with Crippen molar-refractivity contribution in [3.8, 4) is 100 Å². The Hall–Kier alpha value is -12.4. The smallest absolute Gasteiger partial charge is 0.252 e. The number of fused-ring (bicyclic) bond motifs is 6. The lowest BCUT2D eigenvalue weighted by Gasteiger charge is -2.44. The second-order valence-electron chi connectivity index (χ2n) is 25.1. The molecule has 0 bridgehead atoms. The lowest BCUT2D eigenvalue weighted by molar-refractivity contribution is 1.26. The Labute approximate surface area is 554 Å². The second kappa shape index (κ2) is 23.4. The lowest BCUT2D eigenvalue weighted by Crippen LogP contribution is -2.61. The molecular formula is C91H60BN3. The maximum absolute atomic E-state index is 5.88. The summed E-state index contributed by atoms with van der Waals surface area (Å²) in [7, 11) is 0. The number of pyridine rings is 1. The zero-order chi connectivity index (χ0) is 62.8. The fourth-order valence-electron chi connectivity index (χ4n) is 14.7. The van der Waals surface area contributed by atoms with Crippen molar-refractivity contribution >= 4 is 78.8 Å². The van der Waals surface area contributed by atoms with Crippen molar-refractivity contribution in [2.45, 2.75) is 0 Å². The van der Waals surface area contributed by atoms with Crippen LogP contribution in [0.4, 0.5) is 34.1 Å². The third-order valence-corrected chi connectivity index (χ3v) is 19.3. The van der Waals surface area contributed by atoms with Crippen LogP contribution in [-0.4, -0.2) is 11.7 Å². The standard InChI is InChI=1S/C91H60BN3/c1-7-23-61(24-8-1)67-39-43-81(44-40-67)94-87-57-71-37-21-19-35-69(71)53-83(87)92-84-54-70-36-20-22-38-72(70)58-88(84)95(82-45-41-68(42-46-82)62-25-9-2-10-26-62)90-60-78(59-89(94)91(90)92)77-55-85(79-49-73(63-27-11-3-12-28-63)47-74(50-79)64-29-13-4-14-30-64)93-86(56-77)80-51-75(65-31-15-5-16-32-65)48-76(52-80)66-33-17-6-18-34-66/h1-60H. The first-order chi connectivity index (χ1) is 47.0. The largest absolute Gasteiger partial charge is 0.311 e. The van der Waals surface area contributed by atoms with Crippen molar-refractivity contribution in [2.24, 2.45) is 0 Å². The van der Waals surface area contributed by atoms with Crippen LogP contribution in [0.5, 0.6) is 0 Å². The van der Waals surface area contributed by atoms with Gasteiger partial charge in [0.2, 0.25) is 0 Å². The number of anilines is 6. The molecule has 442 valence electrons. The van der Waals surface area contributed by atoms with Crippen molar-refractivity contribution in [1.29, 1.82) is 0 Å². The highest BCUT2D eigenvalue weighted by molar-refractivity contribution is 7.00. The van der Waals surface area contributed by atoms with E-state index in [1.165, 1.54) is 60.2 Å². The Morgan fingerprint density at radius 2 is 0.442 bits per heavy atom. The molecule has 1 aromatic heterocycles. The summed E-state index contributed by atoms with van der Waals surface area (Å²) >= 11 is 0. The number of nitrogens with zero attached hydrogens (tertiary/aromatic N) is 3. The lowest BCUT2D eigenvalue weighted by atomic mass is 9.33. The molecule has 15 aromatic carbocycles. The van der Waals surface area contributed by atoms with Gasteiger partial charge in [-0.05, 0) is 213 Å². The summed E-state index contributed by atoms with van der Waals surface area (Å²) < 4.78 is 0. The van der Waals surface area contributed by atoms with E-state index in [2.05, 4.69) is 374 Å². The fourth-order valence-corrected chi connectivity index (χ4v) is 14.7. The van der Waals surface area contributed by atoms with Crippen LogP contribution >= 0.6 is 0 Å². The first-order valence-electron chi connectivity index (χ1n) is 32.7. The summed E-state index contributed by atoms with van der Waals surface area (Å²) in [5.74, 6) is 0. The van der Waals surface area contributed by atoms with Gasteiger partial charge in [-0.15, -0.1) is 0 Å². The third kappa shape index (κ3) is 10.2. The summed E-state index contributed by atoms with van der Waals surface area (Å²) in [5.41, 5.74) is 30.2. The molecule has 2 aliphatic rings. The normalized spacial score (nSPS) is 12.1. The zero-order valence-corrected chi connectivity index (χ0v) is 52.1. The van der Waals surface area contributed by atoms with Crippen LogP contribution in [0.1, 0.15) is 0 Å². The molecule has 0 atom stereocenters. The summed E-state index contributed by atoms with van der Waals surface area (Å²) in [4.78, 5) is 11.0. The number of hydrogen-bond acceptors (Lipinski definition) is 3. The average Bonchev–Trinajstić information content (AvgIpc) is 0.693. The Balaban J connectivity index is 0.945. The predicted octanol–water partition coefficient (Wildman–Crippen LogP) is 22.5. The highest BCUT2D eigenvalue weighted by Crippen LogP contribution is 2.49. The topological polar surface area (TPSA) is 19.4 Å². The van der Waals surface area contributed by atoms with E-state index in [1.54, 1.807) is 0 Å². The molecule has 18 rings (SSSR count). The van der Waals surface area contributed by atoms with E-state index in [0.717, 1.165) is 112 Å². The van der Waals surface area contributed by atoms with Crippen LogP contribution in [0.15, 0.2) is 364 Å². The van der Waals surface area contributed by atoms with E-state index in [9.17, 15) is 0 Å². The first-order valence-corrected chi connectivity index (χ1v) is 32.7. The third-order valence-electron chi connectivity index (χ3n) is 19.3. The van der Waals surface area contributed by atoms with E-state index >= 15 is 0 Å². The summed E-state index contributed by atoms with van der Waals surface area (Å²) in [5, 5.41) is 4.80. The second-order valence-corrected chi connectivity index (χ2v) is 25.1. The van der Waals surface area contributed by atoms with Crippen molar-refractivity contribution in [2.75, 3.05) is 9.80 Å². The molecule has 4 heteroatoms. The Morgan fingerprint density at radius 3 is 0.768 bits per heavy atom. The quantitative estimate of drug-likeness (QED) is 0.120. The molecule has 16 aromatic rings. The van der Waals surface area contributed by atoms with Crippen LogP contribution in [0, 0.1) is 0 Å². The minimum atomic E-state index is -0.134. The van der Waals surface area contributed by atoms with Gasteiger partial charge in [0, 0.05) is 45.3 Å². The highest BCUT2D eigenvalue weighted by atomic mass is 15.2. The maximum atomic E-state index is 5.88. The zero-order valence-electron chi connectivity index (χ0n) is 52.1. The monoisotopic (exact) mass is 1210 g/mol. The molecule has 3 heterocycles. The average molecular weight is 1210 g/mol. The summed E-state index contributed by atoms with van der Waals surface area (Å²) in [6, 6.07) is 134. The van der Waals surface area contributed by atoms with Crippen molar-refractivity contribution in [3.63, 3.8) is 0 Å². The predicted molar refractivity (Wildman–Crippen MR) is 402 cm³/mol. The first kappa shape index (κ1) is 55.5. The highest BCUT2D eigenvalue weighted by Gasteiger charge is 2.44. The Bertz CT molecular complexity index is 5110. The van der Waals surface area contributed by atoms with Gasteiger partial charge in [0.25, 0.3) is 6.71 Å². The molecule has 0 saturated carbocycles. The molecule has 0 N–H and O–H groups in total. The Kier molecular flexibility index (Phi) is 13.7. The minimum absolute atomic E-state index is 0.134. The summed E-state index contributed by atoms with van der Waals surface area (Å²) in [6.45, 7) is -0.134. The molecule has 0 radical (unpaired) electrons. The van der Waals surface area contributed by atoms with Gasteiger partial charge in [0.05, 0.1) is 11.4 Å². The van der Waals surface area contributed by atoms with Gasteiger partial charge in [0.1, 0.15) is 0 Å². The van der Waals surface area contributed by atoms with Crippen LogP contribution in [-0.2, 0) is 0 Å². The number of hydrogen-bond donors (Lipinski definition) is 0. The van der Waals surface area contributed by atoms with E-state index in [-0.39, 0.29) is 6.71 Å². The molecule has 0 aliphatic carbocycles. The molecular weight excluding hydrogens is 1150 g/mol. The van der Waals surface area contributed by atoms with Crippen molar-refractivity contribution in [1.82, 2.24) is 4.98 Å². The molecule has 2 aliphatic heterocycles. The molecule has 0 unspecified atom stereocenters. The number of benzene rings is 15. The van der Waals surface area contributed by atoms with Crippen LogP contribution in [0.25, 0.3) is 122 Å². The number of aromatic nitrogens is 1. The number of rotatable bonds is 11. The van der Waals surface area contributed by atoms with Crippen LogP contribution < -0.4 is 26.2 Å². The van der Waals surface area contributed by atoms with Gasteiger partial charge in [-0.3, -0.25) is 0 Å². The molecule has 0 amide bonds. The van der Waals surface area contributed by atoms with Crippen LogP contribution in [0.2, 0.25) is 0 Å². The van der Waals surface area contributed by atoms with Gasteiger partial charge in [0.15, 0.2) is 0 Å². The molecule has 0 fully saturated rings. The van der Waals surface area contributed by atoms with Gasteiger partial charge >= 0.3 is 0 Å². The maximum Gasteiger partial charge on any atom is 0.252 e. The fraction of sp³-hybridized carbons (Fsp3) is 0. The van der Waals surface area contributed by atoms with Gasteiger partial charge in [-0.2, -0.15) is 0 Å². The molecule has 95 heavy (non-hydrogen) atoms. The SMILES string of the molecule is c1ccc(-c2ccc(N3c4cc5ccccc5cc4B4c5cc6ccccc6cc5N(c5ccc(-c6ccccc6)cc5)c5cc(-c6cc(-c7cc(-c8ccccc8)cc(-c8ccccc8)c7)nc(-c7cc(-c8ccccc8)cc(-c8ccccc8)c7)c6)cc3c54)cc2)cc1. The molecule has 0 saturated heterocycles. The van der Waals surface area contributed by atoms with E-state index in [1.807, 2.05) is 0 Å². The van der Waals surface area contributed by atoms with Crippen molar-refractivity contribution < 1.29 is 0 Å². The molecule has 3 nitrogen and oxygen atoms in total. The van der Waals surface area contributed by atoms with Gasteiger partial charge in [-0.1, -0.05) is 267 Å². The van der Waals surface area contributed by atoms with Crippen molar-refractivity contribution in [3.05, 3.63) is 364 Å². The van der Waals surface area contributed by atoms with Crippen LogP contribution in [0.3, 0.4) is 0 Å². The van der Waals surface area contributed by atoms with E-state index in [4.69, 9.17) is 4.98 Å². The van der Waals surface area contributed by atoms with Gasteiger partial charge in [-0.25, -0.2) is 4.98 Å². The van der Waals surface area contributed by atoms with Gasteiger partial charge < -0.3 is 9.80 Å². The Morgan fingerprint density at radius 1 is 0.189 bits per heavy atom. The summed E-state index contributed by atoms with van der Waals surface area (Å²) in [6.07, 6.45) is 0. The van der Waals surface area contributed by atoms with E-state index in [0.29, 0.717) is 0 Å². The molecule has 0 spiro atoms. The van der Waals surface area contributed by atoms with E-state index < -0.39 is 0 Å².